The molecule has 0 radical (unpaired) electrons. The average Bonchev–Trinajstić information content (AvgIpc) is 2.94. The number of hydrogen-bond donors (Lipinski definition) is 3. The number of nitrogens with one attached hydrogen (secondary N) is 2. The van der Waals surface area contributed by atoms with Crippen molar-refractivity contribution in [2.24, 2.45) is 4.99 Å². The molecule has 0 spiro atoms. The second-order valence-electron chi connectivity index (χ2n) is 7.50. The number of rotatable bonds is 6. The van der Waals surface area contributed by atoms with Gasteiger partial charge in [-0.05, 0) is 30.3 Å². The highest BCUT2D eigenvalue weighted by molar-refractivity contribution is 6.30. The maximum absolute atomic E-state index is 13.5. The third-order valence-corrected chi connectivity index (χ3v) is 5.43. The number of fused-ring (bicyclic) bond motifs is 1. The molecular formula is C25H21ClN4O4. The number of aliphatic carboxylic acids is 1. The molecule has 1 aliphatic rings. The SMILES string of the molecule is O=C(O)CCN1C(=O)C(NC(=O)Nc2ccc(Cl)cc2)N=C(c2ccccc2)c2ccccc21. The van der Waals surface area contributed by atoms with Crippen LogP contribution in [0.15, 0.2) is 83.9 Å². The minimum Gasteiger partial charge on any atom is -0.481 e. The van der Waals surface area contributed by atoms with Crippen molar-refractivity contribution in [3.63, 3.8) is 0 Å². The normalized spacial score (nSPS) is 15.1. The van der Waals surface area contributed by atoms with Crippen molar-refractivity contribution in [1.29, 1.82) is 0 Å². The average molecular weight is 477 g/mol. The summed E-state index contributed by atoms with van der Waals surface area (Å²) in [5.41, 5.74) is 2.95. The molecule has 0 aromatic heterocycles. The predicted molar refractivity (Wildman–Crippen MR) is 131 cm³/mol. The van der Waals surface area contributed by atoms with Gasteiger partial charge < -0.3 is 20.6 Å². The number of halogens is 1. The Bertz CT molecular complexity index is 1250. The molecule has 3 aromatic carbocycles. The first-order chi connectivity index (χ1) is 16.4. The fourth-order valence-electron chi connectivity index (χ4n) is 3.61. The third-order valence-electron chi connectivity index (χ3n) is 5.17. The van der Waals surface area contributed by atoms with Gasteiger partial charge in [0, 0.05) is 28.4 Å². The van der Waals surface area contributed by atoms with Crippen molar-refractivity contribution in [3.05, 3.63) is 95.0 Å². The Morgan fingerprint density at radius 2 is 1.65 bits per heavy atom. The Morgan fingerprint density at radius 3 is 2.35 bits per heavy atom. The van der Waals surface area contributed by atoms with Gasteiger partial charge in [-0.1, -0.05) is 60.1 Å². The lowest BCUT2D eigenvalue weighted by Gasteiger charge is -2.25. The number of hydrogen-bond acceptors (Lipinski definition) is 4. The van der Waals surface area contributed by atoms with Crippen LogP contribution in [0.3, 0.4) is 0 Å². The molecule has 0 saturated heterocycles. The van der Waals surface area contributed by atoms with Crippen molar-refractivity contribution in [2.75, 3.05) is 16.8 Å². The van der Waals surface area contributed by atoms with Gasteiger partial charge in [0.05, 0.1) is 17.8 Å². The van der Waals surface area contributed by atoms with Crippen LogP contribution >= 0.6 is 11.6 Å². The monoisotopic (exact) mass is 476 g/mol. The number of carbonyl (C=O) groups excluding carboxylic acids is 2. The molecule has 8 nitrogen and oxygen atoms in total. The maximum Gasteiger partial charge on any atom is 0.321 e. The molecule has 4 rings (SSSR count). The van der Waals surface area contributed by atoms with Crippen LogP contribution in [-0.4, -0.2) is 41.4 Å². The first-order valence-electron chi connectivity index (χ1n) is 10.5. The first-order valence-corrected chi connectivity index (χ1v) is 10.9. The van der Waals surface area contributed by atoms with E-state index in [2.05, 4.69) is 15.6 Å². The van der Waals surface area contributed by atoms with E-state index < -0.39 is 24.1 Å². The summed E-state index contributed by atoms with van der Waals surface area (Å²) in [6.07, 6.45) is -1.53. The molecule has 3 N–H and O–H groups in total. The summed E-state index contributed by atoms with van der Waals surface area (Å²) in [6.45, 7) is -0.0697. The molecule has 0 saturated carbocycles. The van der Waals surface area contributed by atoms with Gasteiger partial charge in [0.2, 0.25) is 6.17 Å². The zero-order chi connectivity index (χ0) is 24.1. The van der Waals surface area contributed by atoms with E-state index in [-0.39, 0.29) is 13.0 Å². The highest BCUT2D eigenvalue weighted by Crippen LogP contribution is 2.28. The van der Waals surface area contributed by atoms with Crippen LogP contribution in [0.5, 0.6) is 0 Å². The first kappa shape index (κ1) is 23.0. The number of amides is 3. The number of nitrogens with zero attached hydrogens (tertiary/aromatic N) is 2. The lowest BCUT2D eigenvalue weighted by atomic mass is 10.0. The number of anilines is 2. The fraction of sp³-hybridized carbons (Fsp3) is 0.120. The van der Waals surface area contributed by atoms with E-state index in [9.17, 15) is 19.5 Å². The van der Waals surface area contributed by atoms with E-state index >= 15 is 0 Å². The molecular weight excluding hydrogens is 456 g/mol. The largest absolute Gasteiger partial charge is 0.481 e. The summed E-state index contributed by atoms with van der Waals surface area (Å²) < 4.78 is 0. The smallest absolute Gasteiger partial charge is 0.321 e. The van der Waals surface area contributed by atoms with Crippen LogP contribution in [-0.2, 0) is 9.59 Å². The molecule has 1 heterocycles. The highest BCUT2D eigenvalue weighted by Gasteiger charge is 2.33. The summed E-state index contributed by atoms with van der Waals surface area (Å²) in [5, 5.41) is 15.0. The van der Waals surface area contributed by atoms with Gasteiger partial charge >= 0.3 is 12.0 Å². The molecule has 1 aliphatic heterocycles. The molecule has 34 heavy (non-hydrogen) atoms. The summed E-state index contributed by atoms with van der Waals surface area (Å²) in [5.74, 6) is -1.57. The summed E-state index contributed by atoms with van der Waals surface area (Å²) in [6, 6.07) is 22.3. The molecule has 0 bridgehead atoms. The van der Waals surface area contributed by atoms with Crippen molar-refractivity contribution in [1.82, 2.24) is 5.32 Å². The molecule has 9 heteroatoms. The molecule has 0 aliphatic carbocycles. The quantitative estimate of drug-likeness (QED) is 0.496. The number of carboxylic acid groups (broad SMARTS) is 1. The van der Waals surface area contributed by atoms with Crippen molar-refractivity contribution < 1.29 is 19.5 Å². The Morgan fingerprint density at radius 1 is 0.971 bits per heavy atom. The lowest BCUT2D eigenvalue weighted by molar-refractivity contribution is -0.136. The highest BCUT2D eigenvalue weighted by atomic mass is 35.5. The zero-order valence-electron chi connectivity index (χ0n) is 17.9. The summed E-state index contributed by atoms with van der Waals surface area (Å²) >= 11 is 5.89. The van der Waals surface area contributed by atoms with Crippen molar-refractivity contribution in [2.45, 2.75) is 12.6 Å². The number of urea groups is 1. The zero-order valence-corrected chi connectivity index (χ0v) is 18.7. The van der Waals surface area contributed by atoms with Gasteiger partial charge in [-0.15, -0.1) is 0 Å². The number of para-hydroxylation sites is 1. The second-order valence-corrected chi connectivity index (χ2v) is 7.94. The maximum atomic E-state index is 13.5. The minimum atomic E-state index is -1.27. The van der Waals surface area contributed by atoms with Crippen molar-refractivity contribution >= 4 is 46.6 Å². The van der Waals surface area contributed by atoms with Crippen LogP contribution in [0, 0.1) is 0 Å². The molecule has 172 valence electrons. The van der Waals surface area contributed by atoms with Crippen LogP contribution in [0.2, 0.25) is 5.02 Å². The van der Waals surface area contributed by atoms with Gasteiger partial charge in [-0.3, -0.25) is 9.59 Å². The Hall–Kier alpha value is -4.17. The van der Waals surface area contributed by atoms with Crippen LogP contribution in [0.1, 0.15) is 17.5 Å². The fourth-order valence-corrected chi connectivity index (χ4v) is 3.74. The van der Waals surface area contributed by atoms with Crippen LogP contribution in [0.4, 0.5) is 16.2 Å². The summed E-state index contributed by atoms with van der Waals surface area (Å²) in [7, 11) is 0. The minimum absolute atomic E-state index is 0.0697. The van der Waals surface area contributed by atoms with Crippen molar-refractivity contribution in [3.8, 4) is 0 Å². The molecule has 1 unspecified atom stereocenters. The molecule has 0 fully saturated rings. The topological polar surface area (TPSA) is 111 Å². The van der Waals surface area contributed by atoms with Gasteiger partial charge in [-0.2, -0.15) is 0 Å². The van der Waals surface area contributed by atoms with Gasteiger partial charge in [0.1, 0.15) is 0 Å². The van der Waals surface area contributed by atoms with E-state index in [1.165, 1.54) is 4.90 Å². The standard InChI is InChI=1S/C25H21ClN4O4/c26-17-10-12-18(13-11-17)27-25(34)29-23-24(33)30(15-14-21(31)32)20-9-5-4-8-19(20)22(28-23)16-6-2-1-3-7-16/h1-13,23H,14-15H2,(H,31,32)(H2,27,29,34). The number of benzodiazepines with no additional fused rings is 1. The summed E-state index contributed by atoms with van der Waals surface area (Å²) in [4.78, 5) is 43.5. The Kier molecular flexibility index (Phi) is 6.89. The molecule has 1 atom stereocenters. The van der Waals surface area contributed by atoms with Gasteiger partial charge in [-0.25, -0.2) is 9.79 Å². The number of carboxylic acids is 1. The molecule has 3 aromatic rings. The van der Waals surface area contributed by atoms with Gasteiger partial charge in [0.15, 0.2) is 0 Å². The number of carbonyl (C=O) groups is 3. The number of benzene rings is 3. The predicted octanol–water partition coefficient (Wildman–Crippen LogP) is 4.15. The van der Waals surface area contributed by atoms with E-state index in [1.807, 2.05) is 42.5 Å². The van der Waals surface area contributed by atoms with Crippen LogP contribution in [0.25, 0.3) is 0 Å². The van der Waals surface area contributed by atoms with E-state index in [1.54, 1.807) is 36.4 Å². The number of aliphatic imine (C=N–C) groups is 1. The Balaban J connectivity index is 1.72. The van der Waals surface area contributed by atoms with E-state index in [4.69, 9.17) is 11.6 Å². The lowest BCUT2D eigenvalue weighted by Crippen LogP contribution is -2.49. The molecule has 3 amide bonds. The van der Waals surface area contributed by atoms with E-state index in [0.29, 0.717) is 27.7 Å². The third kappa shape index (κ3) is 5.24. The second kappa shape index (κ2) is 10.2. The van der Waals surface area contributed by atoms with Gasteiger partial charge in [0.25, 0.3) is 5.91 Å². The van der Waals surface area contributed by atoms with E-state index in [0.717, 1.165) is 5.56 Å². The van der Waals surface area contributed by atoms with Crippen LogP contribution < -0.4 is 15.5 Å². The Labute approximate surface area is 200 Å².